The Hall–Kier alpha value is 0.150. The summed E-state index contributed by atoms with van der Waals surface area (Å²) in [6.45, 7) is 0.807. The van der Waals surface area contributed by atoms with E-state index in [2.05, 4.69) is 0 Å². The van der Waals surface area contributed by atoms with E-state index >= 15 is 0 Å². The molecule has 102 valence electrons. The zero-order chi connectivity index (χ0) is 13.1. The van der Waals surface area contributed by atoms with E-state index in [4.69, 9.17) is 11.6 Å². The Balaban J connectivity index is 2.72. The molecule has 1 aliphatic rings. The molecule has 0 N–H and O–H groups in total. The molecule has 0 aromatic carbocycles. The van der Waals surface area contributed by atoms with Gasteiger partial charge >= 0.3 is 0 Å². The van der Waals surface area contributed by atoms with E-state index in [1.807, 2.05) is 0 Å². The van der Waals surface area contributed by atoms with Crippen molar-refractivity contribution < 1.29 is 16.8 Å². The average Bonchev–Trinajstić information content (AvgIpc) is 2.15. The van der Waals surface area contributed by atoms with Gasteiger partial charge in [-0.25, -0.2) is 21.1 Å². The van der Waals surface area contributed by atoms with Crippen molar-refractivity contribution in [3.8, 4) is 0 Å². The molecular weight excluding hydrogens is 286 g/mol. The summed E-state index contributed by atoms with van der Waals surface area (Å²) in [7, 11) is -7.21. The van der Waals surface area contributed by atoms with Crippen LogP contribution in [0.3, 0.4) is 0 Å². The molecule has 0 aliphatic carbocycles. The molecular formula is C9H18ClNO4S2. The van der Waals surface area contributed by atoms with Crippen LogP contribution in [0, 0.1) is 5.92 Å². The normalized spacial score (nSPS) is 23.8. The van der Waals surface area contributed by atoms with E-state index in [9.17, 15) is 16.8 Å². The van der Waals surface area contributed by atoms with Gasteiger partial charge in [-0.2, -0.15) is 0 Å². The zero-order valence-corrected chi connectivity index (χ0v) is 12.2. The molecule has 0 radical (unpaired) electrons. The quantitative estimate of drug-likeness (QED) is 0.700. The predicted molar refractivity (Wildman–Crippen MR) is 68.3 cm³/mol. The molecule has 0 spiro atoms. The second-order valence-electron chi connectivity index (χ2n) is 4.50. The van der Waals surface area contributed by atoms with Crippen molar-refractivity contribution in [2.75, 3.05) is 30.3 Å². The van der Waals surface area contributed by atoms with Gasteiger partial charge in [0.15, 0.2) is 14.9 Å². The minimum atomic E-state index is -3.69. The summed E-state index contributed by atoms with van der Waals surface area (Å²) in [4.78, 5) is 0. The van der Waals surface area contributed by atoms with Gasteiger partial charge in [-0.3, -0.25) is 0 Å². The van der Waals surface area contributed by atoms with E-state index in [1.165, 1.54) is 4.31 Å². The van der Waals surface area contributed by atoms with Crippen LogP contribution in [-0.2, 0) is 19.9 Å². The molecule has 1 rings (SSSR count). The molecule has 1 aliphatic heterocycles. The minimum absolute atomic E-state index is 0.246. The lowest BCUT2D eigenvalue weighted by molar-refractivity contribution is 0.263. The number of hydrogen-bond donors (Lipinski definition) is 0. The molecule has 17 heavy (non-hydrogen) atoms. The maximum atomic E-state index is 11.9. The van der Waals surface area contributed by atoms with Gasteiger partial charge in [0.1, 0.15) is 0 Å². The van der Waals surface area contributed by atoms with E-state index in [0.717, 1.165) is 25.5 Å². The van der Waals surface area contributed by atoms with Crippen LogP contribution in [-0.4, -0.2) is 51.5 Å². The van der Waals surface area contributed by atoms with Crippen LogP contribution >= 0.6 is 11.6 Å². The van der Waals surface area contributed by atoms with Gasteiger partial charge < -0.3 is 0 Å². The van der Waals surface area contributed by atoms with Gasteiger partial charge in [0.2, 0.25) is 10.0 Å². The Morgan fingerprint density at radius 1 is 1.29 bits per heavy atom. The molecule has 0 aromatic rings. The summed E-state index contributed by atoms with van der Waals surface area (Å²) >= 11 is 5.64. The Bertz CT molecular complexity index is 444. The van der Waals surface area contributed by atoms with Gasteiger partial charge in [-0.1, -0.05) is 0 Å². The molecule has 1 unspecified atom stereocenters. The summed E-state index contributed by atoms with van der Waals surface area (Å²) in [5.74, 6) is 0.751. The van der Waals surface area contributed by atoms with Crippen LogP contribution in [0.25, 0.3) is 0 Å². The highest BCUT2D eigenvalue weighted by Gasteiger charge is 2.30. The number of piperidine rings is 1. The van der Waals surface area contributed by atoms with Crippen LogP contribution in [0.1, 0.15) is 19.3 Å². The van der Waals surface area contributed by atoms with Crippen molar-refractivity contribution in [3.63, 3.8) is 0 Å². The number of sulfone groups is 1. The Labute approximate surface area is 108 Å². The lowest BCUT2D eigenvalue weighted by Crippen LogP contribution is -2.42. The number of sulfonamides is 1. The fraction of sp³-hybridized carbons (Fsp3) is 1.00. The first kappa shape index (κ1) is 15.2. The van der Waals surface area contributed by atoms with E-state index in [1.54, 1.807) is 0 Å². The second kappa shape index (κ2) is 5.86. The molecule has 5 nitrogen and oxygen atoms in total. The molecule has 8 heteroatoms. The monoisotopic (exact) mass is 303 g/mol. The molecule has 1 saturated heterocycles. The summed E-state index contributed by atoms with van der Waals surface area (Å²) in [6.07, 6.45) is 3.43. The average molecular weight is 304 g/mol. The number of hydrogen-bond acceptors (Lipinski definition) is 4. The van der Waals surface area contributed by atoms with E-state index in [0.29, 0.717) is 19.0 Å². The fourth-order valence-corrected chi connectivity index (χ4v) is 5.93. The third kappa shape index (κ3) is 5.11. The number of halogens is 1. The van der Waals surface area contributed by atoms with Crippen LogP contribution < -0.4 is 0 Å². The van der Waals surface area contributed by atoms with E-state index < -0.39 is 24.9 Å². The first-order valence-electron chi connectivity index (χ1n) is 5.46. The largest absolute Gasteiger partial charge is 0.228 e. The topological polar surface area (TPSA) is 71.5 Å². The third-order valence-electron chi connectivity index (χ3n) is 2.76. The zero-order valence-electron chi connectivity index (χ0n) is 9.80. The van der Waals surface area contributed by atoms with Crippen molar-refractivity contribution in [1.82, 2.24) is 4.31 Å². The lowest BCUT2D eigenvalue weighted by atomic mass is 9.97. The molecule has 0 saturated carbocycles. The van der Waals surface area contributed by atoms with Crippen molar-refractivity contribution in [3.05, 3.63) is 0 Å². The van der Waals surface area contributed by atoms with Crippen LogP contribution in [0.5, 0.6) is 0 Å². The summed E-state index contributed by atoms with van der Waals surface area (Å²) in [6, 6.07) is 0. The highest BCUT2D eigenvalue weighted by Crippen LogP contribution is 2.22. The van der Waals surface area contributed by atoms with Crippen LogP contribution in [0.4, 0.5) is 0 Å². The Morgan fingerprint density at radius 3 is 2.47 bits per heavy atom. The Morgan fingerprint density at radius 2 is 1.94 bits per heavy atom. The number of nitrogens with zero attached hydrogens (tertiary/aromatic N) is 1. The molecule has 1 atom stereocenters. The second-order valence-corrected chi connectivity index (χ2v) is 9.35. The third-order valence-corrected chi connectivity index (χ3v) is 7.00. The first-order valence-corrected chi connectivity index (χ1v) is 9.66. The van der Waals surface area contributed by atoms with Crippen LogP contribution in [0.2, 0.25) is 0 Å². The number of rotatable bonds is 5. The van der Waals surface area contributed by atoms with Crippen molar-refractivity contribution in [2.24, 2.45) is 5.92 Å². The van der Waals surface area contributed by atoms with Gasteiger partial charge in [0.05, 0.1) is 0 Å². The SMILES string of the molecule is CS(=O)(=O)CS(=O)(=O)N1CCCC(CCCl)C1. The predicted octanol–water partition coefficient (Wildman–Crippen LogP) is 0.659. The van der Waals surface area contributed by atoms with Crippen molar-refractivity contribution >= 4 is 31.5 Å². The number of alkyl halides is 1. The lowest BCUT2D eigenvalue weighted by Gasteiger charge is -2.31. The smallest absolute Gasteiger partial charge is 0.228 e. The minimum Gasteiger partial charge on any atom is -0.228 e. The summed E-state index contributed by atoms with van der Waals surface area (Å²) < 4.78 is 47.2. The highest BCUT2D eigenvalue weighted by atomic mass is 35.5. The standard InChI is InChI=1S/C9H18ClNO4S2/c1-16(12,13)8-17(14,15)11-6-2-3-9(7-11)4-5-10/h9H,2-8H2,1H3. The maximum Gasteiger partial charge on any atom is 0.228 e. The fourth-order valence-electron chi connectivity index (χ4n) is 2.01. The molecule has 0 aromatic heterocycles. The van der Waals surface area contributed by atoms with Gasteiger partial charge in [0.25, 0.3) is 0 Å². The summed E-state index contributed by atoms with van der Waals surface area (Å²) in [5, 5.41) is -0.798. The first-order chi connectivity index (χ1) is 7.74. The van der Waals surface area contributed by atoms with Gasteiger partial charge in [-0.15, -0.1) is 11.6 Å². The van der Waals surface area contributed by atoms with Gasteiger partial charge in [-0.05, 0) is 25.2 Å². The maximum absolute atomic E-state index is 11.9. The summed E-state index contributed by atoms with van der Waals surface area (Å²) in [5.41, 5.74) is 0. The molecule has 0 bridgehead atoms. The van der Waals surface area contributed by atoms with Crippen LogP contribution in [0.15, 0.2) is 0 Å². The van der Waals surface area contributed by atoms with Gasteiger partial charge in [0, 0.05) is 25.2 Å². The molecule has 1 fully saturated rings. The highest BCUT2D eigenvalue weighted by molar-refractivity contribution is 8.06. The molecule has 0 amide bonds. The van der Waals surface area contributed by atoms with Crippen molar-refractivity contribution in [1.29, 1.82) is 0 Å². The van der Waals surface area contributed by atoms with Crippen molar-refractivity contribution in [2.45, 2.75) is 19.3 Å². The van der Waals surface area contributed by atoms with E-state index in [-0.39, 0.29) is 5.92 Å². The molecule has 1 heterocycles. The Kier molecular flexibility index (Phi) is 5.24.